The lowest BCUT2D eigenvalue weighted by Crippen LogP contribution is -2.07. The van der Waals surface area contributed by atoms with E-state index in [4.69, 9.17) is 11.6 Å². The second-order valence-electron chi connectivity index (χ2n) is 4.40. The second-order valence-corrected chi connectivity index (χ2v) is 4.76. The van der Waals surface area contributed by atoms with Crippen molar-refractivity contribution in [3.63, 3.8) is 0 Å². The molecule has 1 N–H and O–H groups in total. The van der Waals surface area contributed by atoms with Crippen LogP contribution < -0.4 is 5.32 Å². The highest BCUT2D eigenvalue weighted by atomic mass is 35.5. The first-order chi connectivity index (χ1) is 8.70. The number of pyridine rings is 1. The molecule has 0 spiro atoms. The van der Waals surface area contributed by atoms with Gasteiger partial charge in [0.05, 0.1) is 12.2 Å². The van der Waals surface area contributed by atoms with Crippen LogP contribution >= 0.6 is 11.6 Å². The largest absolute Gasteiger partial charge is 0.377 e. The molecule has 96 valence electrons. The van der Waals surface area contributed by atoms with Crippen molar-refractivity contribution in [1.82, 2.24) is 9.55 Å². The van der Waals surface area contributed by atoms with E-state index < -0.39 is 0 Å². The number of hydrogen-bond donors (Lipinski definition) is 1. The van der Waals surface area contributed by atoms with Crippen molar-refractivity contribution in [2.75, 3.05) is 5.32 Å². The number of aromatic nitrogens is 2. The van der Waals surface area contributed by atoms with Gasteiger partial charge in [0, 0.05) is 24.6 Å². The molecule has 0 radical (unpaired) electrons. The number of nitrogens with one attached hydrogen (secondary N) is 1. The Morgan fingerprint density at radius 2 is 2.28 bits per heavy atom. The molecule has 0 bridgehead atoms. The molecule has 2 heterocycles. The van der Waals surface area contributed by atoms with Gasteiger partial charge >= 0.3 is 0 Å². The molecular formula is C14H18ClN3. The minimum atomic E-state index is 0.522. The van der Waals surface area contributed by atoms with Crippen LogP contribution in [-0.2, 0) is 13.1 Å². The van der Waals surface area contributed by atoms with Crippen LogP contribution in [0.3, 0.4) is 0 Å². The molecule has 2 aromatic heterocycles. The minimum Gasteiger partial charge on any atom is -0.377 e. The first-order valence-electron chi connectivity index (χ1n) is 6.20. The van der Waals surface area contributed by atoms with Crippen molar-refractivity contribution in [2.45, 2.75) is 33.4 Å². The summed E-state index contributed by atoms with van der Waals surface area (Å²) in [6, 6.07) is 6.21. The van der Waals surface area contributed by atoms with Crippen molar-refractivity contribution in [3.05, 3.63) is 47.0 Å². The third kappa shape index (κ3) is 3.05. The van der Waals surface area contributed by atoms with E-state index in [1.165, 1.54) is 5.69 Å². The molecule has 0 aliphatic heterocycles. The average molecular weight is 264 g/mol. The molecule has 0 saturated carbocycles. The van der Waals surface area contributed by atoms with Crippen molar-refractivity contribution in [2.24, 2.45) is 0 Å². The minimum absolute atomic E-state index is 0.522. The quantitative estimate of drug-likeness (QED) is 0.830. The number of anilines is 1. The van der Waals surface area contributed by atoms with Crippen LogP contribution in [0.5, 0.6) is 0 Å². The summed E-state index contributed by atoms with van der Waals surface area (Å²) in [4.78, 5) is 4.13. The number of aryl methyl sites for hydroxylation is 2. The van der Waals surface area contributed by atoms with Crippen molar-refractivity contribution >= 4 is 17.3 Å². The lowest BCUT2D eigenvalue weighted by molar-refractivity contribution is 0.654. The van der Waals surface area contributed by atoms with E-state index in [-0.39, 0.29) is 0 Å². The fraction of sp³-hybridized carbons (Fsp3) is 0.357. The Kier molecular flexibility index (Phi) is 4.26. The fourth-order valence-corrected chi connectivity index (χ4v) is 2.10. The van der Waals surface area contributed by atoms with Crippen LogP contribution in [0.1, 0.15) is 24.6 Å². The molecule has 2 aromatic rings. The van der Waals surface area contributed by atoms with Gasteiger partial charge in [-0.25, -0.2) is 4.98 Å². The normalized spacial score (nSPS) is 10.6. The Morgan fingerprint density at radius 1 is 1.44 bits per heavy atom. The summed E-state index contributed by atoms with van der Waals surface area (Å²) < 4.78 is 2.25. The van der Waals surface area contributed by atoms with Gasteiger partial charge in [-0.3, -0.25) is 0 Å². The molecular weight excluding hydrogens is 246 g/mol. The summed E-state index contributed by atoms with van der Waals surface area (Å²) in [6.45, 7) is 5.99. The summed E-state index contributed by atoms with van der Waals surface area (Å²) >= 11 is 6.06. The standard InChI is InChI=1S/C14H18ClN3/c1-3-6-18-7-4-5-12(18)10-16-13-8-11(2)9-17-14(13)15/h4-5,7-9,16H,3,6,10H2,1-2H3. The number of rotatable bonds is 5. The van der Waals surface area contributed by atoms with Crippen molar-refractivity contribution < 1.29 is 0 Å². The van der Waals surface area contributed by atoms with E-state index in [1.54, 1.807) is 6.20 Å². The summed E-state index contributed by atoms with van der Waals surface area (Å²) in [6.07, 6.45) is 5.01. The monoisotopic (exact) mass is 263 g/mol. The van der Waals surface area contributed by atoms with Crippen LogP contribution in [-0.4, -0.2) is 9.55 Å². The molecule has 0 aromatic carbocycles. The average Bonchev–Trinajstić information content (AvgIpc) is 2.78. The molecule has 4 heteroatoms. The van der Waals surface area contributed by atoms with Crippen LogP contribution in [0.2, 0.25) is 5.15 Å². The van der Waals surface area contributed by atoms with Gasteiger partial charge in [0.1, 0.15) is 0 Å². The smallest absolute Gasteiger partial charge is 0.152 e. The zero-order chi connectivity index (χ0) is 13.0. The zero-order valence-corrected chi connectivity index (χ0v) is 11.5. The lowest BCUT2D eigenvalue weighted by atomic mass is 10.3. The summed E-state index contributed by atoms with van der Waals surface area (Å²) in [5.41, 5.74) is 3.25. The highest BCUT2D eigenvalue weighted by Crippen LogP contribution is 2.20. The van der Waals surface area contributed by atoms with Crippen molar-refractivity contribution in [1.29, 1.82) is 0 Å². The number of hydrogen-bond acceptors (Lipinski definition) is 2. The Bertz CT molecular complexity index is 520. The SMILES string of the molecule is CCCn1cccc1CNc1cc(C)cnc1Cl. The Balaban J connectivity index is 2.06. The highest BCUT2D eigenvalue weighted by molar-refractivity contribution is 6.31. The zero-order valence-electron chi connectivity index (χ0n) is 10.8. The summed E-state index contributed by atoms with van der Waals surface area (Å²) in [7, 11) is 0. The van der Waals surface area contributed by atoms with Crippen molar-refractivity contribution in [3.8, 4) is 0 Å². The maximum Gasteiger partial charge on any atom is 0.152 e. The van der Waals surface area contributed by atoms with Gasteiger partial charge in [0.25, 0.3) is 0 Å². The lowest BCUT2D eigenvalue weighted by Gasteiger charge is -2.11. The highest BCUT2D eigenvalue weighted by Gasteiger charge is 2.04. The molecule has 0 atom stereocenters. The molecule has 0 aliphatic carbocycles. The van der Waals surface area contributed by atoms with Gasteiger partial charge < -0.3 is 9.88 Å². The third-order valence-electron chi connectivity index (χ3n) is 2.82. The fourth-order valence-electron chi connectivity index (χ4n) is 1.93. The van der Waals surface area contributed by atoms with E-state index in [0.717, 1.165) is 30.8 Å². The molecule has 0 unspecified atom stereocenters. The van der Waals surface area contributed by atoms with E-state index in [0.29, 0.717) is 5.15 Å². The number of nitrogens with zero attached hydrogens (tertiary/aromatic N) is 2. The second kappa shape index (κ2) is 5.91. The molecule has 0 amide bonds. The van der Waals surface area contributed by atoms with E-state index in [9.17, 15) is 0 Å². The van der Waals surface area contributed by atoms with Gasteiger partial charge in [0.2, 0.25) is 0 Å². The van der Waals surface area contributed by atoms with E-state index >= 15 is 0 Å². The predicted octanol–water partition coefficient (Wildman–Crippen LogP) is 3.87. The maximum absolute atomic E-state index is 6.06. The van der Waals surface area contributed by atoms with Crippen LogP contribution in [0.25, 0.3) is 0 Å². The van der Waals surface area contributed by atoms with Gasteiger partial charge in [0.15, 0.2) is 5.15 Å². The Labute approximate surface area is 113 Å². The molecule has 18 heavy (non-hydrogen) atoms. The maximum atomic E-state index is 6.06. The van der Waals surface area contributed by atoms with Gasteiger partial charge in [-0.15, -0.1) is 0 Å². The van der Waals surface area contributed by atoms with Gasteiger partial charge in [-0.05, 0) is 37.1 Å². The summed E-state index contributed by atoms with van der Waals surface area (Å²) in [5, 5.41) is 3.86. The topological polar surface area (TPSA) is 29.9 Å². The van der Waals surface area contributed by atoms with E-state index in [2.05, 4.69) is 40.1 Å². The summed E-state index contributed by atoms with van der Waals surface area (Å²) in [5.74, 6) is 0. The first-order valence-corrected chi connectivity index (χ1v) is 6.58. The van der Waals surface area contributed by atoms with Gasteiger partial charge in [-0.1, -0.05) is 18.5 Å². The van der Waals surface area contributed by atoms with Gasteiger partial charge in [-0.2, -0.15) is 0 Å². The third-order valence-corrected chi connectivity index (χ3v) is 3.12. The Morgan fingerprint density at radius 3 is 3.06 bits per heavy atom. The predicted molar refractivity (Wildman–Crippen MR) is 76.0 cm³/mol. The molecule has 3 nitrogen and oxygen atoms in total. The van der Waals surface area contributed by atoms with Crippen LogP contribution in [0.15, 0.2) is 30.6 Å². The van der Waals surface area contributed by atoms with Crippen LogP contribution in [0, 0.1) is 6.92 Å². The molecule has 0 saturated heterocycles. The Hall–Kier alpha value is -1.48. The van der Waals surface area contributed by atoms with Crippen LogP contribution in [0.4, 0.5) is 5.69 Å². The number of halogens is 1. The first kappa shape index (κ1) is 13.0. The van der Waals surface area contributed by atoms with E-state index in [1.807, 2.05) is 13.0 Å². The molecule has 0 fully saturated rings. The molecule has 2 rings (SSSR count). The molecule has 0 aliphatic rings.